The summed E-state index contributed by atoms with van der Waals surface area (Å²) >= 11 is 2.13. The predicted octanol–water partition coefficient (Wildman–Crippen LogP) is 2.52. The van der Waals surface area contributed by atoms with Gasteiger partial charge in [0.15, 0.2) is 3.77 Å². The lowest BCUT2D eigenvalue weighted by molar-refractivity contribution is 0.411. The van der Waals surface area contributed by atoms with Crippen LogP contribution in [0, 0.1) is 20.5 Å². The van der Waals surface area contributed by atoms with Crippen molar-refractivity contribution in [2.45, 2.75) is 20.4 Å². The van der Waals surface area contributed by atoms with Gasteiger partial charge in [0.2, 0.25) is 0 Å². The molecule has 14 heavy (non-hydrogen) atoms. The molecule has 0 aliphatic heterocycles. The molecule has 0 saturated carbocycles. The molecule has 0 radical (unpaired) electrons. The number of nitrogens with one attached hydrogen (secondary N) is 1. The molecular formula is C10H13IN2O. The summed E-state index contributed by atoms with van der Waals surface area (Å²) in [5.41, 5.74) is -0.320. The highest BCUT2D eigenvalue weighted by Crippen LogP contribution is 2.12. The van der Waals surface area contributed by atoms with Crippen LogP contribution in [0.1, 0.15) is 19.6 Å². The van der Waals surface area contributed by atoms with Crippen molar-refractivity contribution in [1.82, 2.24) is 5.32 Å². The lowest BCUT2D eigenvalue weighted by atomic mass is 9.96. The molecule has 0 spiro atoms. The van der Waals surface area contributed by atoms with E-state index < -0.39 is 0 Å². The van der Waals surface area contributed by atoms with Crippen LogP contribution < -0.4 is 5.32 Å². The number of nitrogens with zero attached hydrogens (tertiary/aromatic N) is 1. The molecule has 1 aromatic heterocycles. The van der Waals surface area contributed by atoms with Crippen LogP contribution in [0.2, 0.25) is 0 Å². The fraction of sp³-hybridized carbons (Fsp3) is 0.500. The maximum Gasteiger partial charge on any atom is 0.164 e. The molecule has 4 heteroatoms. The summed E-state index contributed by atoms with van der Waals surface area (Å²) in [6, 6.07) is 6.10. The normalized spacial score (nSPS) is 11.3. The molecule has 0 aliphatic carbocycles. The lowest BCUT2D eigenvalue weighted by Gasteiger charge is -2.14. The summed E-state index contributed by atoms with van der Waals surface area (Å²) in [5.74, 6) is 0.906. The van der Waals surface area contributed by atoms with Crippen LogP contribution in [0.4, 0.5) is 0 Å². The van der Waals surface area contributed by atoms with Gasteiger partial charge in [0, 0.05) is 6.54 Å². The first-order chi connectivity index (χ1) is 6.53. The summed E-state index contributed by atoms with van der Waals surface area (Å²) in [4.78, 5) is 0. The van der Waals surface area contributed by atoms with Gasteiger partial charge < -0.3 is 9.73 Å². The van der Waals surface area contributed by atoms with Crippen molar-refractivity contribution in [2.75, 3.05) is 6.54 Å². The third kappa shape index (κ3) is 3.68. The van der Waals surface area contributed by atoms with Gasteiger partial charge in [0.1, 0.15) is 5.76 Å². The predicted molar refractivity (Wildman–Crippen MR) is 62.5 cm³/mol. The van der Waals surface area contributed by atoms with Crippen molar-refractivity contribution < 1.29 is 4.42 Å². The van der Waals surface area contributed by atoms with Crippen molar-refractivity contribution >= 4 is 22.6 Å². The zero-order chi connectivity index (χ0) is 10.6. The van der Waals surface area contributed by atoms with Gasteiger partial charge in [-0.2, -0.15) is 5.26 Å². The molecule has 0 atom stereocenters. The quantitative estimate of drug-likeness (QED) is 0.870. The van der Waals surface area contributed by atoms with E-state index in [-0.39, 0.29) is 5.41 Å². The lowest BCUT2D eigenvalue weighted by Crippen LogP contribution is -2.27. The van der Waals surface area contributed by atoms with E-state index in [2.05, 4.69) is 34.0 Å². The topological polar surface area (TPSA) is 49.0 Å². The third-order valence-electron chi connectivity index (χ3n) is 1.80. The summed E-state index contributed by atoms with van der Waals surface area (Å²) in [7, 11) is 0. The van der Waals surface area contributed by atoms with Gasteiger partial charge in [-0.25, -0.2) is 0 Å². The Bertz CT molecular complexity index is 338. The van der Waals surface area contributed by atoms with Gasteiger partial charge in [-0.3, -0.25) is 0 Å². The first-order valence-electron chi connectivity index (χ1n) is 4.40. The zero-order valence-corrected chi connectivity index (χ0v) is 10.5. The van der Waals surface area contributed by atoms with Crippen LogP contribution in [0.15, 0.2) is 16.5 Å². The number of furan rings is 1. The van der Waals surface area contributed by atoms with Gasteiger partial charge >= 0.3 is 0 Å². The Kier molecular flexibility index (Phi) is 3.96. The maximum absolute atomic E-state index is 8.78. The second-order valence-corrected chi connectivity index (χ2v) is 4.87. The van der Waals surface area contributed by atoms with E-state index in [1.165, 1.54) is 0 Å². The Morgan fingerprint density at radius 3 is 2.79 bits per heavy atom. The minimum absolute atomic E-state index is 0.320. The van der Waals surface area contributed by atoms with Crippen LogP contribution in [0.5, 0.6) is 0 Å². The maximum atomic E-state index is 8.78. The molecule has 1 rings (SSSR count). The van der Waals surface area contributed by atoms with Gasteiger partial charge in [-0.15, -0.1) is 0 Å². The van der Waals surface area contributed by atoms with E-state index in [0.717, 1.165) is 9.53 Å². The van der Waals surface area contributed by atoms with Gasteiger partial charge in [0.05, 0.1) is 18.0 Å². The summed E-state index contributed by atoms with van der Waals surface area (Å²) in [6.45, 7) is 5.16. The first-order valence-corrected chi connectivity index (χ1v) is 5.47. The SMILES string of the molecule is CC(C)(C#N)CNCc1ccc(I)o1. The highest BCUT2D eigenvalue weighted by Gasteiger charge is 2.15. The first kappa shape index (κ1) is 11.5. The molecule has 0 amide bonds. The smallest absolute Gasteiger partial charge is 0.164 e. The Hall–Kier alpha value is -0.540. The highest BCUT2D eigenvalue weighted by molar-refractivity contribution is 14.1. The second-order valence-electron chi connectivity index (χ2n) is 3.81. The fourth-order valence-corrected chi connectivity index (χ4v) is 1.45. The number of hydrogen-bond donors (Lipinski definition) is 1. The van der Waals surface area contributed by atoms with Crippen LogP contribution >= 0.6 is 22.6 Å². The van der Waals surface area contributed by atoms with Gasteiger partial charge in [-0.1, -0.05) is 0 Å². The molecule has 0 saturated heterocycles. The van der Waals surface area contributed by atoms with Crippen molar-refractivity contribution in [2.24, 2.45) is 5.41 Å². The van der Waals surface area contributed by atoms with E-state index in [4.69, 9.17) is 9.68 Å². The minimum Gasteiger partial charge on any atom is -0.454 e. The highest BCUT2D eigenvalue weighted by atomic mass is 127. The number of hydrogen-bond acceptors (Lipinski definition) is 3. The summed E-state index contributed by atoms with van der Waals surface area (Å²) < 4.78 is 6.26. The van der Waals surface area contributed by atoms with Crippen LogP contribution in [-0.2, 0) is 6.54 Å². The Labute approximate surface area is 97.6 Å². The van der Waals surface area contributed by atoms with E-state index in [0.29, 0.717) is 13.1 Å². The molecule has 0 aliphatic rings. The number of nitriles is 1. The largest absolute Gasteiger partial charge is 0.454 e. The van der Waals surface area contributed by atoms with Gasteiger partial charge in [-0.05, 0) is 48.6 Å². The number of rotatable bonds is 4. The Balaban J connectivity index is 2.33. The monoisotopic (exact) mass is 304 g/mol. The van der Waals surface area contributed by atoms with Crippen LogP contribution in [0.25, 0.3) is 0 Å². The molecule has 0 bridgehead atoms. The standard InChI is InChI=1S/C10H13IN2O/c1-10(2,6-12)7-13-5-8-3-4-9(11)14-8/h3-4,13H,5,7H2,1-2H3. The molecule has 1 aromatic rings. The Morgan fingerprint density at radius 2 is 2.29 bits per heavy atom. The van der Waals surface area contributed by atoms with Crippen molar-refractivity contribution in [1.29, 1.82) is 5.26 Å². The molecule has 1 heterocycles. The molecule has 76 valence electrons. The molecule has 3 nitrogen and oxygen atoms in total. The second kappa shape index (κ2) is 4.80. The van der Waals surface area contributed by atoms with E-state index in [1.54, 1.807) is 0 Å². The van der Waals surface area contributed by atoms with E-state index in [1.807, 2.05) is 26.0 Å². The fourth-order valence-electron chi connectivity index (χ4n) is 0.984. The average molecular weight is 304 g/mol. The van der Waals surface area contributed by atoms with Crippen LogP contribution in [-0.4, -0.2) is 6.54 Å². The van der Waals surface area contributed by atoms with E-state index in [9.17, 15) is 0 Å². The van der Waals surface area contributed by atoms with Crippen molar-refractivity contribution in [3.05, 3.63) is 21.7 Å². The average Bonchev–Trinajstić information content (AvgIpc) is 2.51. The Morgan fingerprint density at radius 1 is 1.57 bits per heavy atom. The molecule has 0 unspecified atom stereocenters. The van der Waals surface area contributed by atoms with Crippen molar-refractivity contribution in [3.8, 4) is 6.07 Å². The van der Waals surface area contributed by atoms with E-state index >= 15 is 0 Å². The molecule has 0 aromatic carbocycles. The summed E-state index contributed by atoms with van der Waals surface area (Å²) in [6.07, 6.45) is 0. The molecule has 0 fully saturated rings. The zero-order valence-electron chi connectivity index (χ0n) is 8.30. The molecule has 1 N–H and O–H groups in total. The van der Waals surface area contributed by atoms with Crippen LogP contribution in [0.3, 0.4) is 0 Å². The third-order valence-corrected chi connectivity index (χ3v) is 2.38. The van der Waals surface area contributed by atoms with Gasteiger partial charge in [0.25, 0.3) is 0 Å². The summed E-state index contributed by atoms with van der Waals surface area (Å²) in [5, 5.41) is 12.0. The minimum atomic E-state index is -0.320. The number of halogens is 1. The molecular weight excluding hydrogens is 291 g/mol. The van der Waals surface area contributed by atoms with Crippen molar-refractivity contribution in [3.63, 3.8) is 0 Å².